The molecule has 0 saturated carbocycles. The second kappa shape index (κ2) is 14.7. The van der Waals surface area contributed by atoms with Crippen LogP contribution < -0.4 is 14.8 Å². The number of benzene rings is 2. The lowest BCUT2D eigenvalue weighted by Gasteiger charge is -2.31. The Morgan fingerprint density at radius 1 is 0.932 bits per heavy atom. The molecule has 1 atom stereocenters. The SMILES string of the molecule is CCC(C)N(CC(=O)N(CCc1ccc(OC)c(OC)c1)Cc1cccs1)C(=O)Nc1cc(C(F)(F)F)cc(C(F)(F)F)c1. The fourth-order valence-corrected chi connectivity index (χ4v) is 5.02. The predicted octanol–water partition coefficient (Wildman–Crippen LogP) is 7.71. The van der Waals surface area contributed by atoms with Gasteiger partial charge in [0.25, 0.3) is 0 Å². The van der Waals surface area contributed by atoms with Gasteiger partial charge in [0, 0.05) is 23.2 Å². The van der Waals surface area contributed by atoms with Crippen molar-refractivity contribution in [1.82, 2.24) is 9.80 Å². The second-order valence-electron chi connectivity index (χ2n) is 9.94. The molecule has 0 spiro atoms. The zero-order valence-electron chi connectivity index (χ0n) is 24.5. The van der Waals surface area contributed by atoms with Crippen LogP contribution >= 0.6 is 11.3 Å². The molecule has 7 nitrogen and oxygen atoms in total. The summed E-state index contributed by atoms with van der Waals surface area (Å²) in [4.78, 5) is 30.5. The van der Waals surface area contributed by atoms with Gasteiger partial charge in [-0.25, -0.2) is 4.79 Å². The zero-order valence-corrected chi connectivity index (χ0v) is 25.3. The maximum atomic E-state index is 13.6. The number of urea groups is 1. The van der Waals surface area contributed by atoms with E-state index < -0.39 is 53.7 Å². The third-order valence-electron chi connectivity index (χ3n) is 6.93. The second-order valence-corrected chi connectivity index (χ2v) is 11.0. The molecule has 14 heteroatoms. The van der Waals surface area contributed by atoms with Gasteiger partial charge < -0.3 is 24.6 Å². The van der Waals surface area contributed by atoms with Crippen LogP contribution in [0.3, 0.4) is 0 Å². The predicted molar refractivity (Wildman–Crippen MR) is 155 cm³/mol. The minimum absolute atomic E-state index is 0.0214. The van der Waals surface area contributed by atoms with Crippen molar-refractivity contribution in [2.45, 2.75) is 51.6 Å². The fraction of sp³-hybridized carbons (Fsp3) is 0.400. The number of hydrogen-bond acceptors (Lipinski definition) is 5. The molecule has 1 heterocycles. The minimum Gasteiger partial charge on any atom is -0.493 e. The number of carbonyl (C=O) groups is 2. The highest BCUT2D eigenvalue weighted by atomic mass is 32.1. The molecule has 1 aromatic heterocycles. The summed E-state index contributed by atoms with van der Waals surface area (Å²) in [7, 11) is 3.02. The molecule has 0 saturated heterocycles. The van der Waals surface area contributed by atoms with E-state index in [4.69, 9.17) is 9.47 Å². The first-order chi connectivity index (χ1) is 20.7. The van der Waals surface area contributed by atoms with Crippen molar-refractivity contribution in [2.75, 3.05) is 32.6 Å². The van der Waals surface area contributed by atoms with E-state index in [9.17, 15) is 35.9 Å². The van der Waals surface area contributed by atoms with Gasteiger partial charge in [0.1, 0.15) is 6.54 Å². The first kappa shape index (κ1) is 34.5. The average Bonchev–Trinajstić information content (AvgIpc) is 3.49. The van der Waals surface area contributed by atoms with Crippen LogP contribution in [0.15, 0.2) is 53.9 Å². The van der Waals surface area contributed by atoms with Crippen LogP contribution in [0.1, 0.15) is 41.8 Å². The van der Waals surface area contributed by atoms with E-state index in [1.165, 1.54) is 25.6 Å². The van der Waals surface area contributed by atoms with Gasteiger partial charge >= 0.3 is 18.4 Å². The maximum absolute atomic E-state index is 13.6. The standard InChI is InChI=1S/C30H33F6N3O4S/c1-5-19(2)39(28(41)37-23-15-21(29(31,32)33)14-22(16-23)30(34,35)36)18-27(40)38(17-24-7-6-12-44-24)11-10-20-8-9-25(42-3)26(13-20)43-4/h6-9,12-16,19H,5,10-11,17-18H2,1-4H3,(H,37,41). The molecule has 240 valence electrons. The minimum atomic E-state index is -5.08. The molecule has 0 aliphatic rings. The Labute approximate surface area is 255 Å². The Bertz CT molecular complexity index is 1380. The number of hydrogen-bond donors (Lipinski definition) is 1. The van der Waals surface area contributed by atoms with Crippen LogP contribution in [0.4, 0.5) is 36.8 Å². The third kappa shape index (κ3) is 9.28. The topological polar surface area (TPSA) is 71.1 Å². The largest absolute Gasteiger partial charge is 0.493 e. The molecule has 1 unspecified atom stereocenters. The van der Waals surface area contributed by atoms with Gasteiger partial charge in [-0.1, -0.05) is 19.1 Å². The van der Waals surface area contributed by atoms with Crippen molar-refractivity contribution < 1.29 is 45.4 Å². The molecule has 0 bridgehead atoms. The van der Waals surface area contributed by atoms with Gasteiger partial charge in [0.05, 0.1) is 31.9 Å². The highest BCUT2D eigenvalue weighted by Gasteiger charge is 2.37. The quantitative estimate of drug-likeness (QED) is 0.205. The monoisotopic (exact) mass is 645 g/mol. The molecule has 3 rings (SSSR count). The lowest BCUT2D eigenvalue weighted by atomic mass is 10.1. The molecule has 0 fully saturated rings. The number of carbonyl (C=O) groups excluding carboxylic acids is 2. The Balaban J connectivity index is 1.85. The Hall–Kier alpha value is -3.94. The normalized spacial score (nSPS) is 12.4. The molecule has 3 amide bonds. The van der Waals surface area contributed by atoms with E-state index in [1.807, 2.05) is 23.6 Å². The Morgan fingerprint density at radius 2 is 1.57 bits per heavy atom. The number of amides is 3. The van der Waals surface area contributed by atoms with E-state index >= 15 is 0 Å². The van der Waals surface area contributed by atoms with Gasteiger partial charge in [0.15, 0.2) is 11.5 Å². The summed E-state index contributed by atoms with van der Waals surface area (Å²) >= 11 is 1.44. The van der Waals surface area contributed by atoms with Crippen LogP contribution in [-0.4, -0.2) is 55.1 Å². The number of thiophene rings is 1. The van der Waals surface area contributed by atoms with E-state index in [0.29, 0.717) is 36.5 Å². The van der Waals surface area contributed by atoms with Crippen LogP contribution in [-0.2, 0) is 30.1 Å². The maximum Gasteiger partial charge on any atom is 0.416 e. The summed E-state index contributed by atoms with van der Waals surface area (Å²) in [6.45, 7) is 3.41. The van der Waals surface area contributed by atoms with Crippen LogP contribution in [0.5, 0.6) is 11.5 Å². The summed E-state index contributed by atoms with van der Waals surface area (Å²) in [6, 6.07) is 8.31. The lowest BCUT2D eigenvalue weighted by Crippen LogP contribution is -2.48. The summed E-state index contributed by atoms with van der Waals surface area (Å²) in [5, 5.41) is 4.00. The van der Waals surface area contributed by atoms with Crippen molar-refractivity contribution in [3.63, 3.8) is 0 Å². The molecule has 0 aliphatic heterocycles. The van der Waals surface area contributed by atoms with Gasteiger partial charge in [-0.3, -0.25) is 4.79 Å². The van der Waals surface area contributed by atoms with Crippen molar-refractivity contribution >= 4 is 29.0 Å². The van der Waals surface area contributed by atoms with E-state index in [0.717, 1.165) is 15.3 Å². The van der Waals surface area contributed by atoms with Crippen molar-refractivity contribution in [1.29, 1.82) is 0 Å². The van der Waals surface area contributed by atoms with Crippen LogP contribution in [0, 0.1) is 0 Å². The summed E-state index contributed by atoms with van der Waals surface area (Å²) in [5.41, 5.74) is -2.97. The average molecular weight is 646 g/mol. The van der Waals surface area contributed by atoms with Gasteiger partial charge in [0.2, 0.25) is 5.91 Å². The highest BCUT2D eigenvalue weighted by Crippen LogP contribution is 2.37. The number of rotatable bonds is 12. The smallest absolute Gasteiger partial charge is 0.416 e. The molecule has 3 aromatic rings. The molecule has 2 aromatic carbocycles. The number of ether oxygens (including phenoxy) is 2. The van der Waals surface area contributed by atoms with Crippen molar-refractivity contribution in [2.24, 2.45) is 0 Å². The molecular weight excluding hydrogens is 612 g/mol. The number of nitrogens with zero attached hydrogens (tertiary/aromatic N) is 2. The first-order valence-electron chi connectivity index (χ1n) is 13.5. The number of halogens is 6. The van der Waals surface area contributed by atoms with Crippen molar-refractivity contribution in [3.8, 4) is 11.5 Å². The van der Waals surface area contributed by atoms with Gasteiger partial charge in [-0.05, 0) is 67.1 Å². The molecule has 0 aliphatic carbocycles. The fourth-order valence-electron chi connectivity index (χ4n) is 4.30. The first-order valence-corrected chi connectivity index (χ1v) is 14.4. The number of methoxy groups -OCH3 is 2. The Kier molecular flexibility index (Phi) is 11.5. The summed E-state index contributed by atoms with van der Waals surface area (Å²) in [6.07, 6.45) is -9.36. The summed E-state index contributed by atoms with van der Waals surface area (Å²) in [5.74, 6) is 0.611. The van der Waals surface area contributed by atoms with E-state index in [-0.39, 0.29) is 19.2 Å². The van der Waals surface area contributed by atoms with Crippen molar-refractivity contribution in [3.05, 3.63) is 75.5 Å². The highest BCUT2D eigenvalue weighted by molar-refractivity contribution is 7.09. The molecule has 44 heavy (non-hydrogen) atoms. The Morgan fingerprint density at radius 3 is 2.09 bits per heavy atom. The van der Waals surface area contributed by atoms with E-state index in [2.05, 4.69) is 5.32 Å². The number of nitrogens with one attached hydrogen (secondary N) is 1. The number of alkyl halides is 6. The summed E-state index contributed by atoms with van der Waals surface area (Å²) < 4.78 is 90.7. The van der Waals surface area contributed by atoms with Gasteiger partial charge in [-0.2, -0.15) is 26.3 Å². The lowest BCUT2D eigenvalue weighted by molar-refractivity contribution is -0.143. The van der Waals surface area contributed by atoms with Crippen LogP contribution in [0.2, 0.25) is 0 Å². The third-order valence-corrected chi connectivity index (χ3v) is 7.79. The van der Waals surface area contributed by atoms with Crippen LogP contribution in [0.25, 0.3) is 0 Å². The van der Waals surface area contributed by atoms with E-state index in [1.54, 1.807) is 30.9 Å². The number of anilines is 1. The molecule has 0 radical (unpaired) electrons. The molecular formula is C30H33F6N3O4S. The molecule has 1 N–H and O–H groups in total. The van der Waals surface area contributed by atoms with Gasteiger partial charge in [-0.15, -0.1) is 11.3 Å². The zero-order chi connectivity index (χ0) is 32.7.